The average Bonchev–Trinajstić information content (AvgIpc) is 3.37. The van der Waals surface area contributed by atoms with Gasteiger partial charge in [0.15, 0.2) is 0 Å². The largest absolute Gasteiger partial charge is 0.336 e. The third kappa shape index (κ3) is 4.56. The van der Waals surface area contributed by atoms with E-state index in [9.17, 15) is 9.59 Å². The van der Waals surface area contributed by atoms with Crippen LogP contribution in [0.15, 0.2) is 53.3 Å². The normalized spacial score (nSPS) is 17.7. The fourth-order valence-corrected chi connectivity index (χ4v) is 4.95. The van der Waals surface area contributed by atoms with E-state index in [-0.39, 0.29) is 11.5 Å². The molecular weight excluding hydrogens is 414 g/mol. The zero-order valence-corrected chi connectivity index (χ0v) is 19.2. The number of benzene rings is 2. The Balaban J connectivity index is 1.24. The first-order valence-corrected chi connectivity index (χ1v) is 11.9. The fourth-order valence-electron chi connectivity index (χ4n) is 4.95. The lowest BCUT2D eigenvalue weighted by Gasteiger charge is -2.35. The van der Waals surface area contributed by atoms with Crippen LogP contribution in [0.4, 0.5) is 0 Å². The van der Waals surface area contributed by atoms with Gasteiger partial charge in [-0.15, -0.1) is 0 Å². The molecule has 0 radical (unpaired) electrons. The van der Waals surface area contributed by atoms with Crippen molar-refractivity contribution in [2.24, 2.45) is 0 Å². The molecule has 2 aliphatic rings. The molecule has 0 spiro atoms. The molecule has 5 rings (SSSR count). The van der Waals surface area contributed by atoms with Gasteiger partial charge in [-0.25, -0.2) is 4.98 Å². The molecule has 1 aromatic heterocycles. The van der Waals surface area contributed by atoms with Gasteiger partial charge in [0, 0.05) is 44.8 Å². The summed E-state index contributed by atoms with van der Waals surface area (Å²) >= 11 is 0. The van der Waals surface area contributed by atoms with Crippen LogP contribution >= 0.6 is 0 Å². The first-order valence-electron chi connectivity index (χ1n) is 11.9. The number of piperazine rings is 1. The zero-order valence-electron chi connectivity index (χ0n) is 19.2. The van der Waals surface area contributed by atoms with Crippen molar-refractivity contribution in [3.63, 3.8) is 0 Å². The maximum atomic E-state index is 13.0. The Morgan fingerprint density at radius 2 is 1.48 bits per heavy atom. The first-order chi connectivity index (χ1) is 16.1. The second kappa shape index (κ2) is 9.45. The summed E-state index contributed by atoms with van der Waals surface area (Å²) in [4.78, 5) is 37.6. The minimum Gasteiger partial charge on any atom is -0.336 e. The van der Waals surface area contributed by atoms with E-state index in [1.807, 2.05) is 54.3 Å². The van der Waals surface area contributed by atoms with Gasteiger partial charge in [-0.3, -0.25) is 19.1 Å². The Kier molecular flexibility index (Phi) is 6.24. The molecule has 0 atom stereocenters. The second-order valence-electron chi connectivity index (χ2n) is 9.05. The van der Waals surface area contributed by atoms with E-state index in [4.69, 9.17) is 0 Å². The van der Waals surface area contributed by atoms with Gasteiger partial charge < -0.3 is 9.80 Å². The molecule has 2 fully saturated rings. The number of carbonyl (C=O) groups is 1. The van der Waals surface area contributed by atoms with Gasteiger partial charge in [0.25, 0.3) is 11.5 Å². The van der Waals surface area contributed by atoms with E-state index >= 15 is 0 Å². The summed E-state index contributed by atoms with van der Waals surface area (Å²) in [6.45, 7) is 9.88. The highest BCUT2D eigenvalue weighted by atomic mass is 16.2. The molecule has 0 N–H and O–H groups in total. The van der Waals surface area contributed by atoms with E-state index in [0.717, 1.165) is 45.0 Å². The van der Waals surface area contributed by atoms with Gasteiger partial charge >= 0.3 is 0 Å². The molecule has 3 heterocycles. The molecule has 3 aromatic rings. The van der Waals surface area contributed by atoms with Crippen molar-refractivity contribution in [2.45, 2.75) is 19.8 Å². The number of nitrogens with zero attached hydrogens (tertiary/aromatic N) is 5. The molecule has 0 aliphatic carbocycles. The summed E-state index contributed by atoms with van der Waals surface area (Å²) in [6, 6.07) is 14.7. The molecule has 2 aromatic carbocycles. The van der Waals surface area contributed by atoms with Gasteiger partial charge in [-0.05, 0) is 69.3 Å². The maximum Gasteiger partial charge on any atom is 0.265 e. The van der Waals surface area contributed by atoms with Gasteiger partial charge in [-0.2, -0.15) is 0 Å². The highest BCUT2D eigenvalue weighted by Gasteiger charge is 2.23. The summed E-state index contributed by atoms with van der Waals surface area (Å²) in [5, 5.41) is 0.589. The van der Waals surface area contributed by atoms with Gasteiger partial charge in [-0.1, -0.05) is 12.1 Å². The number of rotatable bonds is 5. The Morgan fingerprint density at radius 3 is 2.18 bits per heavy atom. The van der Waals surface area contributed by atoms with Crippen LogP contribution in [0, 0.1) is 6.92 Å². The highest BCUT2D eigenvalue weighted by Crippen LogP contribution is 2.16. The smallest absolute Gasteiger partial charge is 0.265 e. The topological polar surface area (TPSA) is 61.7 Å². The molecule has 0 bridgehead atoms. The molecule has 2 saturated heterocycles. The predicted molar refractivity (Wildman–Crippen MR) is 130 cm³/mol. The fraction of sp³-hybridized carbons (Fsp3) is 0.423. The SMILES string of the molecule is Cc1nc2ccccc2c(=O)n1-c1ccc(C(=O)N2CCN(CCN3CCCC3)CC2)cc1. The van der Waals surface area contributed by atoms with E-state index in [1.54, 1.807) is 10.6 Å². The van der Waals surface area contributed by atoms with Crippen molar-refractivity contribution in [1.82, 2.24) is 24.3 Å². The number of amides is 1. The number of aromatic nitrogens is 2. The lowest BCUT2D eigenvalue weighted by atomic mass is 10.1. The Bertz CT molecular complexity index is 1190. The van der Waals surface area contributed by atoms with Gasteiger partial charge in [0.05, 0.1) is 16.6 Å². The number of carbonyl (C=O) groups excluding carboxylic acids is 1. The molecule has 0 unspecified atom stereocenters. The summed E-state index contributed by atoms with van der Waals surface area (Å²) in [5.41, 5.74) is 1.98. The van der Waals surface area contributed by atoms with Crippen LogP contribution in [-0.2, 0) is 0 Å². The monoisotopic (exact) mass is 445 g/mol. The van der Waals surface area contributed by atoms with Crippen LogP contribution in [0.5, 0.6) is 0 Å². The van der Waals surface area contributed by atoms with Crippen LogP contribution in [0.1, 0.15) is 29.0 Å². The zero-order chi connectivity index (χ0) is 22.8. The maximum absolute atomic E-state index is 13.0. The van der Waals surface area contributed by atoms with E-state index in [2.05, 4.69) is 14.8 Å². The van der Waals surface area contributed by atoms with Crippen molar-refractivity contribution in [3.8, 4) is 5.69 Å². The lowest BCUT2D eigenvalue weighted by molar-refractivity contribution is 0.0626. The minimum atomic E-state index is -0.0952. The summed E-state index contributed by atoms with van der Waals surface area (Å²) in [6.07, 6.45) is 2.65. The second-order valence-corrected chi connectivity index (χ2v) is 9.05. The van der Waals surface area contributed by atoms with Crippen molar-refractivity contribution in [1.29, 1.82) is 0 Å². The molecular formula is C26H31N5O2. The summed E-state index contributed by atoms with van der Waals surface area (Å²) in [7, 11) is 0. The molecule has 7 nitrogen and oxygen atoms in total. The minimum absolute atomic E-state index is 0.0569. The predicted octanol–water partition coefficient (Wildman–Crippen LogP) is 2.55. The number of fused-ring (bicyclic) bond motifs is 1. The van der Waals surface area contributed by atoms with Gasteiger partial charge in [0.1, 0.15) is 5.82 Å². The Morgan fingerprint density at radius 1 is 0.848 bits per heavy atom. The molecule has 0 saturated carbocycles. The van der Waals surface area contributed by atoms with Crippen LogP contribution < -0.4 is 5.56 Å². The van der Waals surface area contributed by atoms with Crippen LogP contribution in [0.25, 0.3) is 16.6 Å². The van der Waals surface area contributed by atoms with E-state index in [1.165, 1.54) is 25.9 Å². The lowest BCUT2D eigenvalue weighted by Crippen LogP contribution is -2.50. The standard InChI is InChI=1S/C26H31N5O2/c1-20-27-24-7-3-2-6-23(24)26(33)31(20)22-10-8-21(9-11-22)25(32)30-18-16-29(17-19-30)15-14-28-12-4-5-13-28/h2-3,6-11H,4-5,12-19H2,1H3. The Hall–Kier alpha value is -3.03. The number of hydrogen-bond acceptors (Lipinski definition) is 5. The summed E-state index contributed by atoms with van der Waals surface area (Å²) < 4.78 is 1.61. The van der Waals surface area contributed by atoms with Crippen molar-refractivity contribution < 1.29 is 4.79 Å². The third-order valence-electron chi connectivity index (χ3n) is 6.91. The number of hydrogen-bond donors (Lipinski definition) is 0. The van der Waals surface area contributed by atoms with E-state index in [0.29, 0.717) is 22.3 Å². The van der Waals surface area contributed by atoms with Gasteiger partial charge in [0.2, 0.25) is 0 Å². The highest BCUT2D eigenvalue weighted by molar-refractivity contribution is 5.94. The summed E-state index contributed by atoms with van der Waals surface area (Å²) in [5.74, 6) is 0.685. The Labute approximate surface area is 194 Å². The van der Waals surface area contributed by atoms with E-state index < -0.39 is 0 Å². The third-order valence-corrected chi connectivity index (χ3v) is 6.91. The quantitative estimate of drug-likeness (QED) is 0.604. The van der Waals surface area contributed by atoms with Crippen LogP contribution in [0.2, 0.25) is 0 Å². The number of aryl methyl sites for hydroxylation is 1. The van der Waals surface area contributed by atoms with Crippen molar-refractivity contribution in [2.75, 3.05) is 52.4 Å². The van der Waals surface area contributed by atoms with Crippen molar-refractivity contribution in [3.05, 3.63) is 70.3 Å². The van der Waals surface area contributed by atoms with Crippen molar-refractivity contribution >= 4 is 16.8 Å². The average molecular weight is 446 g/mol. The van der Waals surface area contributed by atoms with Crippen LogP contribution in [-0.4, -0.2) is 82.5 Å². The molecule has 33 heavy (non-hydrogen) atoms. The number of para-hydroxylation sites is 1. The van der Waals surface area contributed by atoms with Crippen LogP contribution in [0.3, 0.4) is 0 Å². The first kappa shape index (κ1) is 21.8. The molecule has 7 heteroatoms. The number of likely N-dealkylation sites (tertiary alicyclic amines) is 1. The molecule has 2 aliphatic heterocycles. The molecule has 1 amide bonds. The molecule has 172 valence electrons.